The van der Waals surface area contributed by atoms with Crippen LogP contribution >= 0.6 is 15.9 Å². The highest BCUT2D eigenvalue weighted by Crippen LogP contribution is 2.23. The maximum absolute atomic E-state index is 11.4. The van der Waals surface area contributed by atoms with Crippen LogP contribution in [0.5, 0.6) is 5.75 Å². The third-order valence-corrected chi connectivity index (χ3v) is 3.59. The van der Waals surface area contributed by atoms with Gasteiger partial charge in [0.05, 0.1) is 7.11 Å². The summed E-state index contributed by atoms with van der Waals surface area (Å²) in [5.74, 6) is -0.517. The van der Waals surface area contributed by atoms with Gasteiger partial charge in [-0.2, -0.15) is 0 Å². The van der Waals surface area contributed by atoms with Gasteiger partial charge in [0.2, 0.25) is 0 Å². The van der Waals surface area contributed by atoms with Gasteiger partial charge in [0.15, 0.2) is 5.43 Å². The van der Waals surface area contributed by atoms with Gasteiger partial charge < -0.3 is 14.4 Å². The number of aromatic carboxylic acids is 1. The van der Waals surface area contributed by atoms with Gasteiger partial charge in [0, 0.05) is 29.5 Å². The first kappa shape index (κ1) is 14.3. The molecule has 0 aliphatic rings. The average Bonchev–Trinajstić information content (AvgIpc) is 2.43. The molecule has 2 aromatic rings. The molecule has 6 heteroatoms. The molecule has 0 saturated carbocycles. The van der Waals surface area contributed by atoms with E-state index in [2.05, 4.69) is 15.9 Å². The minimum Gasteiger partial charge on any atom is -0.497 e. The van der Waals surface area contributed by atoms with E-state index in [1.165, 1.54) is 12.3 Å². The molecule has 0 radical (unpaired) electrons. The van der Waals surface area contributed by atoms with E-state index in [-0.39, 0.29) is 5.56 Å². The Bertz CT molecular complexity index is 709. The first-order valence-electron chi connectivity index (χ1n) is 5.77. The van der Waals surface area contributed by atoms with Crippen LogP contribution in [0.2, 0.25) is 0 Å². The van der Waals surface area contributed by atoms with E-state index in [9.17, 15) is 9.59 Å². The van der Waals surface area contributed by atoms with Crippen LogP contribution in [-0.2, 0) is 6.54 Å². The highest BCUT2D eigenvalue weighted by Gasteiger charge is 2.09. The summed E-state index contributed by atoms with van der Waals surface area (Å²) in [5.41, 5.74) is 0.175. The molecule has 5 nitrogen and oxygen atoms in total. The largest absolute Gasteiger partial charge is 0.497 e. The maximum atomic E-state index is 11.4. The molecule has 2 rings (SSSR count). The van der Waals surface area contributed by atoms with Gasteiger partial charge in [-0.3, -0.25) is 4.79 Å². The lowest BCUT2D eigenvalue weighted by atomic mass is 10.2. The number of nitrogens with zero attached hydrogens (tertiary/aromatic N) is 1. The van der Waals surface area contributed by atoms with Gasteiger partial charge in [-0.15, -0.1) is 0 Å². The Morgan fingerprint density at radius 2 is 2.15 bits per heavy atom. The average molecular weight is 338 g/mol. The normalized spacial score (nSPS) is 10.3. The number of methoxy groups -OCH3 is 1. The Balaban J connectivity index is 2.37. The smallest absolute Gasteiger partial charge is 0.341 e. The predicted molar refractivity (Wildman–Crippen MR) is 77.5 cm³/mol. The summed E-state index contributed by atoms with van der Waals surface area (Å²) in [5, 5.41) is 8.95. The molecule has 0 amide bonds. The molecule has 0 bridgehead atoms. The number of ether oxygens (including phenoxy) is 1. The molecule has 1 aromatic heterocycles. The van der Waals surface area contributed by atoms with Crippen LogP contribution in [-0.4, -0.2) is 22.8 Å². The number of carboxylic acid groups (broad SMARTS) is 1. The summed E-state index contributed by atoms with van der Waals surface area (Å²) >= 11 is 3.43. The third-order valence-electron chi connectivity index (χ3n) is 2.81. The van der Waals surface area contributed by atoms with Crippen molar-refractivity contribution in [2.24, 2.45) is 0 Å². The molecule has 0 aliphatic heterocycles. The lowest BCUT2D eigenvalue weighted by Crippen LogP contribution is -2.16. The van der Waals surface area contributed by atoms with Crippen LogP contribution in [0.15, 0.2) is 45.9 Å². The fourth-order valence-electron chi connectivity index (χ4n) is 1.78. The summed E-state index contributed by atoms with van der Waals surface area (Å²) in [6.45, 7) is 0.429. The van der Waals surface area contributed by atoms with Gasteiger partial charge in [0.1, 0.15) is 11.3 Å². The Labute approximate surface area is 123 Å². The van der Waals surface area contributed by atoms with Crippen molar-refractivity contribution in [2.75, 3.05) is 7.11 Å². The summed E-state index contributed by atoms with van der Waals surface area (Å²) in [6.07, 6.45) is 2.89. The minimum absolute atomic E-state index is 0.244. The van der Waals surface area contributed by atoms with E-state index in [4.69, 9.17) is 9.84 Å². The number of rotatable bonds is 4. The number of benzene rings is 1. The Hall–Kier alpha value is -2.08. The quantitative estimate of drug-likeness (QED) is 0.929. The van der Waals surface area contributed by atoms with E-state index < -0.39 is 11.4 Å². The second-order valence-electron chi connectivity index (χ2n) is 4.16. The fourth-order valence-corrected chi connectivity index (χ4v) is 2.15. The molecular formula is C14H12BrNO4. The molecule has 0 atom stereocenters. The van der Waals surface area contributed by atoms with Gasteiger partial charge in [-0.1, -0.05) is 15.9 Å². The number of hydrogen-bond donors (Lipinski definition) is 1. The first-order valence-corrected chi connectivity index (χ1v) is 6.56. The zero-order chi connectivity index (χ0) is 14.7. The van der Waals surface area contributed by atoms with Crippen molar-refractivity contribution in [1.29, 1.82) is 0 Å². The van der Waals surface area contributed by atoms with Gasteiger partial charge in [0.25, 0.3) is 0 Å². The van der Waals surface area contributed by atoms with E-state index in [0.29, 0.717) is 12.3 Å². The lowest BCUT2D eigenvalue weighted by Gasteiger charge is -2.10. The van der Waals surface area contributed by atoms with Crippen LogP contribution in [0.4, 0.5) is 0 Å². The second-order valence-corrected chi connectivity index (χ2v) is 5.01. The summed E-state index contributed by atoms with van der Waals surface area (Å²) in [6, 6.07) is 6.77. The lowest BCUT2D eigenvalue weighted by molar-refractivity contribution is 0.0694. The predicted octanol–water partition coefficient (Wildman–Crippen LogP) is 2.37. The van der Waals surface area contributed by atoms with Gasteiger partial charge in [-0.05, 0) is 23.8 Å². The standard InChI is InChI=1S/C14H12BrNO4/c1-20-10-2-3-12(15)9(6-10)7-16-5-4-13(17)11(8-16)14(18)19/h2-6,8H,7H2,1H3,(H,18,19). The topological polar surface area (TPSA) is 68.5 Å². The summed E-state index contributed by atoms with van der Waals surface area (Å²) in [7, 11) is 1.58. The van der Waals surface area contributed by atoms with Crippen molar-refractivity contribution in [2.45, 2.75) is 6.54 Å². The van der Waals surface area contributed by atoms with Crippen molar-refractivity contribution < 1.29 is 14.6 Å². The molecule has 0 aliphatic carbocycles. The first-order chi connectivity index (χ1) is 9.51. The molecule has 0 saturated heterocycles. The highest BCUT2D eigenvalue weighted by atomic mass is 79.9. The number of halogens is 1. The monoisotopic (exact) mass is 337 g/mol. The van der Waals surface area contributed by atoms with Crippen LogP contribution in [0.3, 0.4) is 0 Å². The van der Waals surface area contributed by atoms with Crippen LogP contribution in [0.1, 0.15) is 15.9 Å². The van der Waals surface area contributed by atoms with Crippen molar-refractivity contribution in [3.8, 4) is 5.75 Å². The van der Waals surface area contributed by atoms with Crippen molar-refractivity contribution in [3.63, 3.8) is 0 Å². The SMILES string of the molecule is COc1ccc(Br)c(Cn2ccc(=O)c(C(=O)O)c2)c1. The van der Waals surface area contributed by atoms with E-state index in [1.54, 1.807) is 17.9 Å². The number of hydrogen-bond acceptors (Lipinski definition) is 3. The Morgan fingerprint density at radius 3 is 2.80 bits per heavy atom. The molecule has 20 heavy (non-hydrogen) atoms. The van der Waals surface area contributed by atoms with Crippen LogP contribution in [0.25, 0.3) is 0 Å². The number of carboxylic acids is 1. The van der Waals surface area contributed by atoms with Gasteiger partial charge >= 0.3 is 5.97 Å². The van der Waals surface area contributed by atoms with Crippen LogP contribution in [0, 0.1) is 0 Å². The van der Waals surface area contributed by atoms with Crippen molar-refractivity contribution >= 4 is 21.9 Å². The van der Waals surface area contributed by atoms with Crippen LogP contribution < -0.4 is 10.2 Å². The Morgan fingerprint density at radius 1 is 1.40 bits per heavy atom. The summed E-state index contributed by atoms with van der Waals surface area (Å²) in [4.78, 5) is 22.4. The van der Waals surface area contributed by atoms with E-state index in [1.807, 2.05) is 18.2 Å². The minimum atomic E-state index is -1.23. The molecule has 0 unspecified atom stereocenters. The zero-order valence-corrected chi connectivity index (χ0v) is 12.3. The number of pyridine rings is 1. The molecule has 1 aromatic carbocycles. The number of carbonyl (C=O) groups is 1. The van der Waals surface area contributed by atoms with Gasteiger partial charge in [-0.25, -0.2) is 4.79 Å². The molecule has 104 valence electrons. The van der Waals surface area contributed by atoms with E-state index >= 15 is 0 Å². The second kappa shape index (κ2) is 5.92. The zero-order valence-electron chi connectivity index (χ0n) is 10.7. The maximum Gasteiger partial charge on any atom is 0.341 e. The van der Waals surface area contributed by atoms with E-state index in [0.717, 1.165) is 10.0 Å². The highest BCUT2D eigenvalue weighted by molar-refractivity contribution is 9.10. The number of aromatic nitrogens is 1. The molecule has 0 fully saturated rings. The van der Waals surface area contributed by atoms with Crippen molar-refractivity contribution in [1.82, 2.24) is 4.57 Å². The Kier molecular flexibility index (Phi) is 4.24. The van der Waals surface area contributed by atoms with Crippen molar-refractivity contribution in [3.05, 3.63) is 62.5 Å². The third kappa shape index (κ3) is 3.08. The summed E-state index contributed by atoms with van der Waals surface area (Å²) < 4.78 is 7.68. The fraction of sp³-hybridized carbons (Fsp3) is 0.143. The molecule has 0 spiro atoms. The molecular weight excluding hydrogens is 326 g/mol. The molecule has 1 heterocycles. The molecule has 1 N–H and O–H groups in total.